The zero-order chi connectivity index (χ0) is 36.3. The van der Waals surface area contributed by atoms with Gasteiger partial charge < -0.3 is 13.9 Å². The van der Waals surface area contributed by atoms with Crippen molar-refractivity contribution < 1.29 is 4.42 Å². The lowest BCUT2D eigenvalue weighted by atomic mass is 9.97. The molecule has 3 nitrogen and oxygen atoms in total. The lowest BCUT2D eigenvalue weighted by molar-refractivity contribution is 0.669. The highest BCUT2D eigenvalue weighted by molar-refractivity contribution is 6.09. The minimum absolute atomic E-state index is 0.891. The molecule has 2 heterocycles. The molecule has 0 N–H and O–H groups in total. The molecule has 0 fully saturated rings. The van der Waals surface area contributed by atoms with Crippen LogP contribution in [0.3, 0.4) is 0 Å². The maximum Gasteiger partial charge on any atom is 0.136 e. The van der Waals surface area contributed by atoms with E-state index in [0.29, 0.717) is 0 Å². The normalized spacial score (nSPS) is 11.6. The van der Waals surface area contributed by atoms with Crippen LogP contribution in [0.2, 0.25) is 0 Å². The van der Waals surface area contributed by atoms with Gasteiger partial charge in [0, 0.05) is 44.3 Å². The third-order valence-electron chi connectivity index (χ3n) is 10.9. The van der Waals surface area contributed by atoms with E-state index in [4.69, 9.17) is 4.42 Å². The van der Waals surface area contributed by atoms with Gasteiger partial charge in [-0.3, -0.25) is 0 Å². The van der Waals surface area contributed by atoms with Crippen LogP contribution in [0.4, 0.5) is 17.1 Å². The number of nitrogens with zero attached hydrogens (tertiary/aromatic N) is 2. The van der Waals surface area contributed by atoms with E-state index in [0.717, 1.165) is 55.8 Å². The monoisotopic (exact) mass is 702 g/mol. The second-order valence-electron chi connectivity index (χ2n) is 14.2. The van der Waals surface area contributed by atoms with E-state index >= 15 is 0 Å². The van der Waals surface area contributed by atoms with Crippen LogP contribution in [0.1, 0.15) is 0 Å². The zero-order valence-electron chi connectivity index (χ0n) is 29.9. The number of fused-ring (bicyclic) bond motifs is 7. The zero-order valence-corrected chi connectivity index (χ0v) is 29.9. The maximum absolute atomic E-state index is 6.31. The number of hydrogen-bond acceptors (Lipinski definition) is 2. The van der Waals surface area contributed by atoms with Crippen LogP contribution >= 0.6 is 0 Å². The Morgan fingerprint density at radius 2 is 0.891 bits per heavy atom. The summed E-state index contributed by atoms with van der Waals surface area (Å²) in [6.07, 6.45) is 0. The van der Waals surface area contributed by atoms with Gasteiger partial charge in [-0.05, 0) is 106 Å². The first-order valence-electron chi connectivity index (χ1n) is 18.8. The van der Waals surface area contributed by atoms with Crippen LogP contribution < -0.4 is 4.90 Å². The first kappa shape index (κ1) is 31.2. The van der Waals surface area contributed by atoms with Gasteiger partial charge in [0.2, 0.25) is 0 Å². The summed E-state index contributed by atoms with van der Waals surface area (Å²) in [4.78, 5) is 2.38. The van der Waals surface area contributed by atoms with Crippen molar-refractivity contribution in [3.8, 4) is 27.9 Å². The van der Waals surface area contributed by atoms with Crippen molar-refractivity contribution in [1.82, 2.24) is 4.57 Å². The van der Waals surface area contributed by atoms with Gasteiger partial charge in [0.05, 0.1) is 11.0 Å². The minimum atomic E-state index is 0.891. The summed E-state index contributed by atoms with van der Waals surface area (Å²) >= 11 is 0. The Morgan fingerprint density at radius 1 is 0.345 bits per heavy atom. The molecule has 0 aliphatic carbocycles. The highest BCUT2D eigenvalue weighted by Crippen LogP contribution is 2.41. The molecule has 2 aromatic heterocycles. The number of aromatic nitrogens is 1. The Balaban J connectivity index is 1.10. The summed E-state index contributed by atoms with van der Waals surface area (Å²) < 4.78 is 8.70. The molecule has 3 heteroatoms. The molecule has 0 unspecified atom stereocenters. The van der Waals surface area contributed by atoms with Crippen LogP contribution in [0, 0.1) is 0 Å². The summed E-state index contributed by atoms with van der Waals surface area (Å²) in [6, 6.07) is 74.1. The van der Waals surface area contributed by atoms with Crippen LogP contribution in [0.5, 0.6) is 0 Å². The lowest BCUT2D eigenvalue weighted by Crippen LogP contribution is -2.11. The topological polar surface area (TPSA) is 21.3 Å². The average molecular weight is 703 g/mol. The molecule has 0 saturated heterocycles. The molecule has 11 aromatic rings. The van der Waals surface area contributed by atoms with Gasteiger partial charge in [0.15, 0.2) is 0 Å². The fourth-order valence-electron chi connectivity index (χ4n) is 8.44. The molecule has 0 aliphatic heterocycles. The Morgan fingerprint density at radius 3 is 1.67 bits per heavy atom. The SMILES string of the molecule is c1cc(-c2ccc3c(c2)oc2ccccc23)cc(N(c2cccc(-c3cccc4ccccc34)c2)c2cccc(-n3c4ccccc4c4ccccc43)c2)c1. The summed E-state index contributed by atoms with van der Waals surface area (Å²) in [5, 5.41) is 7.23. The van der Waals surface area contributed by atoms with Crippen molar-refractivity contribution in [2.45, 2.75) is 0 Å². The Kier molecular flexibility index (Phi) is 7.17. The number of benzene rings is 9. The molecule has 0 aliphatic rings. The fourth-order valence-corrected chi connectivity index (χ4v) is 8.44. The average Bonchev–Trinajstić information content (AvgIpc) is 3.79. The van der Waals surface area contributed by atoms with Crippen molar-refractivity contribution >= 4 is 71.6 Å². The van der Waals surface area contributed by atoms with E-state index in [1.165, 1.54) is 43.7 Å². The van der Waals surface area contributed by atoms with Gasteiger partial charge in [-0.15, -0.1) is 0 Å². The molecule has 9 aromatic carbocycles. The van der Waals surface area contributed by atoms with Gasteiger partial charge in [-0.2, -0.15) is 0 Å². The molecular formula is C52H34N2O. The van der Waals surface area contributed by atoms with E-state index in [1.807, 2.05) is 12.1 Å². The minimum Gasteiger partial charge on any atom is -0.456 e. The summed E-state index contributed by atoms with van der Waals surface area (Å²) in [5.74, 6) is 0. The predicted molar refractivity (Wildman–Crippen MR) is 231 cm³/mol. The first-order valence-corrected chi connectivity index (χ1v) is 18.8. The molecule has 0 bridgehead atoms. The quantitative estimate of drug-likeness (QED) is 0.172. The van der Waals surface area contributed by atoms with E-state index in [2.05, 4.69) is 204 Å². The Labute approximate surface area is 318 Å². The van der Waals surface area contributed by atoms with E-state index in [1.54, 1.807) is 0 Å². The summed E-state index contributed by atoms with van der Waals surface area (Å²) in [7, 11) is 0. The second-order valence-corrected chi connectivity index (χ2v) is 14.2. The van der Waals surface area contributed by atoms with Crippen LogP contribution in [-0.4, -0.2) is 4.57 Å². The number of furan rings is 1. The molecule has 0 atom stereocenters. The van der Waals surface area contributed by atoms with Crippen molar-refractivity contribution in [1.29, 1.82) is 0 Å². The Hall–Kier alpha value is -7.36. The number of para-hydroxylation sites is 3. The Bertz CT molecular complexity index is 3180. The highest BCUT2D eigenvalue weighted by atomic mass is 16.3. The van der Waals surface area contributed by atoms with Gasteiger partial charge >= 0.3 is 0 Å². The molecule has 0 saturated carbocycles. The number of rotatable bonds is 6. The largest absolute Gasteiger partial charge is 0.456 e. The highest BCUT2D eigenvalue weighted by Gasteiger charge is 2.18. The summed E-state index contributed by atoms with van der Waals surface area (Å²) in [5.41, 5.74) is 13.1. The molecule has 258 valence electrons. The third-order valence-corrected chi connectivity index (χ3v) is 10.9. The fraction of sp³-hybridized carbons (Fsp3) is 0. The standard InChI is InChI=1S/C52H34N2O/c1-2-21-43-35(13-1)14-11-25-44(43)38-16-10-18-40(32-38)53(39-17-9-15-36(31-39)37-29-30-48-47-24-5-8-28-51(47)55-52(48)33-37)41-19-12-20-42(34-41)54-49-26-6-3-22-45(49)46-23-4-7-27-50(46)54/h1-34H. The smallest absolute Gasteiger partial charge is 0.136 e. The van der Waals surface area contributed by atoms with E-state index in [9.17, 15) is 0 Å². The molecule has 0 radical (unpaired) electrons. The molecule has 0 amide bonds. The van der Waals surface area contributed by atoms with Crippen molar-refractivity contribution in [3.05, 3.63) is 206 Å². The van der Waals surface area contributed by atoms with Gasteiger partial charge in [0.25, 0.3) is 0 Å². The van der Waals surface area contributed by atoms with Crippen LogP contribution in [0.15, 0.2) is 211 Å². The number of anilines is 3. The van der Waals surface area contributed by atoms with Crippen molar-refractivity contribution in [2.24, 2.45) is 0 Å². The maximum atomic E-state index is 6.31. The van der Waals surface area contributed by atoms with Gasteiger partial charge in [-0.1, -0.05) is 133 Å². The molecule has 11 rings (SSSR count). The lowest BCUT2D eigenvalue weighted by Gasteiger charge is -2.27. The predicted octanol–water partition coefficient (Wildman–Crippen LogP) is 14.6. The molecule has 55 heavy (non-hydrogen) atoms. The third kappa shape index (κ3) is 5.20. The van der Waals surface area contributed by atoms with Gasteiger partial charge in [-0.25, -0.2) is 0 Å². The first-order chi connectivity index (χ1) is 27.3. The summed E-state index contributed by atoms with van der Waals surface area (Å²) in [6.45, 7) is 0. The number of hydrogen-bond donors (Lipinski definition) is 0. The molecular weight excluding hydrogens is 669 g/mol. The van der Waals surface area contributed by atoms with Crippen molar-refractivity contribution in [2.75, 3.05) is 4.90 Å². The van der Waals surface area contributed by atoms with Crippen molar-refractivity contribution in [3.63, 3.8) is 0 Å². The molecule has 0 spiro atoms. The van der Waals surface area contributed by atoms with Crippen LogP contribution in [-0.2, 0) is 0 Å². The van der Waals surface area contributed by atoms with Crippen LogP contribution in [0.25, 0.3) is 82.5 Å². The second kappa shape index (κ2) is 12.6. The van der Waals surface area contributed by atoms with E-state index in [-0.39, 0.29) is 0 Å². The van der Waals surface area contributed by atoms with E-state index < -0.39 is 0 Å². The van der Waals surface area contributed by atoms with Gasteiger partial charge in [0.1, 0.15) is 11.2 Å².